The lowest BCUT2D eigenvalue weighted by atomic mass is 10.4. The second kappa shape index (κ2) is 4.58. The maximum Gasteiger partial charge on any atom is 0.263 e. The Morgan fingerprint density at radius 3 is 2.56 bits per heavy atom. The standard InChI is InChI=1S/C11H13N3O2S2/c1-7-5-10(8(2)17-7)18(15,16)14-9-3-4-11(12)13-6-9/h3-6,14H,1-2H3,(H2,12,13). The average Bonchev–Trinajstić information content (AvgIpc) is 2.62. The van der Waals surface area contributed by atoms with Gasteiger partial charge in [-0.1, -0.05) is 0 Å². The van der Waals surface area contributed by atoms with E-state index in [4.69, 9.17) is 5.73 Å². The summed E-state index contributed by atoms with van der Waals surface area (Å²) in [4.78, 5) is 5.87. The first kappa shape index (κ1) is 12.8. The average molecular weight is 283 g/mol. The molecular weight excluding hydrogens is 270 g/mol. The molecule has 0 atom stereocenters. The Labute approximate surface area is 110 Å². The quantitative estimate of drug-likeness (QED) is 0.903. The Hall–Kier alpha value is -1.60. The minimum absolute atomic E-state index is 0.307. The van der Waals surface area contributed by atoms with Gasteiger partial charge in [-0.25, -0.2) is 13.4 Å². The summed E-state index contributed by atoms with van der Waals surface area (Å²) in [5.41, 5.74) is 5.84. The predicted octanol–water partition coefficient (Wildman–Crippen LogP) is 2.14. The number of thiophene rings is 1. The van der Waals surface area contributed by atoms with E-state index in [1.165, 1.54) is 17.5 Å². The van der Waals surface area contributed by atoms with Gasteiger partial charge in [0.2, 0.25) is 0 Å². The van der Waals surface area contributed by atoms with Gasteiger partial charge >= 0.3 is 0 Å². The van der Waals surface area contributed by atoms with Crippen LogP contribution in [0.5, 0.6) is 0 Å². The SMILES string of the molecule is Cc1cc(S(=O)(=O)Nc2ccc(N)nc2)c(C)s1. The molecule has 2 rings (SSSR count). The van der Waals surface area contributed by atoms with E-state index in [0.717, 1.165) is 9.75 Å². The summed E-state index contributed by atoms with van der Waals surface area (Å²) in [6.45, 7) is 3.66. The van der Waals surface area contributed by atoms with Crippen molar-refractivity contribution in [2.75, 3.05) is 10.5 Å². The van der Waals surface area contributed by atoms with Gasteiger partial charge < -0.3 is 5.73 Å². The first-order valence-corrected chi connectivity index (χ1v) is 7.50. The van der Waals surface area contributed by atoms with Crippen molar-refractivity contribution in [3.8, 4) is 0 Å². The second-order valence-corrected chi connectivity index (χ2v) is 6.97. The number of nitrogens with one attached hydrogen (secondary N) is 1. The summed E-state index contributed by atoms with van der Waals surface area (Å²) in [5.74, 6) is 0.348. The lowest BCUT2D eigenvalue weighted by molar-refractivity contribution is 0.601. The van der Waals surface area contributed by atoms with Gasteiger partial charge in [0.25, 0.3) is 10.0 Å². The van der Waals surface area contributed by atoms with Crippen LogP contribution in [0.4, 0.5) is 11.5 Å². The third-order valence-electron chi connectivity index (χ3n) is 2.32. The van der Waals surface area contributed by atoms with Crippen molar-refractivity contribution in [2.24, 2.45) is 0 Å². The molecule has 0 saturated carbocycles. The fourth-order valence-corrected chi connectivity index (χ4v) is 4.15. The zero-order chi connectivity index (χ0) is 13.3. The first-order valence-electron chi connectivity index (χ1n) is 5.20. The predicted molar refractivity (Wildman–Crippen MR) is 73.3 cm³/mol. The van der Waals surface area contributed by atoms with Gasteiger partial charge in [-0.2, -0.15) is 0 Å². The molecule has 0 bridgehead atoms. The molecule has 7 heteroatoms. The van der Waals surface area contributed by atoms with Crippen molar-refractivity contribution in [2.45, 2.75) is 18.7 Å². The van der Waals surface area contributed by atoms with Crippen molar-refractivity contribution < 1.29 is 8.42 Å². The number of nitrogens with two attached hydrogens (primary N) is 1. The largest absolute Gasteiger partial charge is 0.384 e. The van der Waals surface area contributed by atoms with E-state index >= 15 is 0 Å². The smallest absolute Gasteiger partial charge is 0.263 e. The van der Waals surface area contributed by atoms with Gasteiger partial charge in [0, 0.05) is 9.75 Å². The molecule has 18 heavy (non-hydrogen) atoms. The van der Waals surface area contributed by atoms with Crippen LogP contribution >= 0.6 is 11.3 Å². The molecule has 5 nitrogen and oxygen atoms in total. The third kappa shape index (κ3) is 2.62. The fraction of sp³-hybridized carbons (Fsp3) is 0.182. The zero-order valence-electron chi connectivity index (χ0n) is 9.97. The van der Waals surface area contributed by atoms with Crippen molar-refractivity contribution in [1.29, 1.82) is 0 Å². The number of hydrogen-bond donors (Lipinski definition) is 2. The van der Waals surface area contributed by atoms with E-state index < -0.39 is 10.0 Å². The summed E-state index contributed by atoms with van der Waals surface area (Å²) in [7, 11) is -3.56. The van der Waals surface area contributed by atoms with Crippen LogP contribution in [-0.2, 0) is 10.0 Å². The molecule has 0 radical (unpaired) electrons. The molecule has 0 aliphatic carbocycles. The molecule has 0 aliphatic rings. The monoisotopic (exact) mass is 283 g/mol. The number of aryl methyl sites for hydroxylation is 2. The van der Waals surface area contributed by atoms with E-state index in [1.807, 2.05) is 6.92 Å². The minimum Gasteiger partial charge on any atom is -0.384 e. The van der Waals surface area contributed by atoms with E-state index in [1.54, 1.807) is 25.1 Å². The van der Waals surface area contributed by atoms with Crippen molar-refractivity contribution in [1.82, 2.24) is 4.98 Å². The number of aromatic nitrogens is 1. The van der Waals surface area contributed by atoms with Crippen LogP contribution in [0.3, 0.4) is 0 Å². The number of pyridine rings is 1. The van der Waals surface area contributed by atoms with Crippen molar-refractivity contribution >= 4 is 32.9 Å². The second-order valence-electron chi connectivity index (χ2n) is 3.85. The number of sulfonamides is 1. The lowest BCUT2D eigenvalue weighted by Crippen LogP contribution is -2.13. The molecule has 2 aromatic rings. The highest BCUT2D eigenvalue weighted by Gasteiger charge is 2.19. The molecule has 2 aromatic heterocycles. The molecule has 0 aromatic carbocycles. The molecule has 0 amide bonds. The van der Waals surface area contributed by atoms with Crippen LogP contribution < -0.4 is 10.5 Å². The van der Waals surface area contributed by atoms with Gasteiger partial charge in [0.05, 0.1) is 11.9 Å². The number of rotatable bonds is 3. The Morgan fingerprint density at radius 1 is 1.33 bits per heavy atom. The van der Waals surface area contributed by atoms with Gasteiger partial charge in [-0.05, 0) is 32.0 Å². The van der Waals surface area contributed by atoms with Crippen LogP contribution in [0.1, 0.15) is 9.75 Å². The fourth-order valence-electron chi connectivity index (χ4n) is 1.55. The highest BCUT2D eigenvalue weighted by Crippen LogP contribution is 2.26. The maximum absolute atomic E-state index is 12.2. The maximum atomic E-state index is 12.2. The molecule has 0 unspecified atom stereocenters. The van der Waals surface area contributed by atoms with Crippen LogP contribution in [0.15, 0.2) is 29.3 Å². The van der Waals surface area contributed by atoms with Crippen LogP contribution in [-0.4, -0.2) is 13.4 Å². The van der Waals surface area contributed by atoms with Gasteiger partial charge in [0.15, 0.2) is 0 Å². The number of anilines is 2. The van der Waals surface area contributed by atoms with E-state index in [9.17, 15) is 8.42 Å². The molecule has 2 heterocycles. The molecule has 0 saturated heterocycles. The third-order valence-corrected chi connectivity index (χ3v) is 4.93. The molecular formula is C11H13N3O2S2. The summed E-state index contributed by atoms with van der Waals surface area (Å²) < 4.78 is 26.8. The summed E-state index contributed by atoms with van der Waals surface area (Å²) in [6.07, 6.45) is 1.39. The van der Waals surface area contributed by atoms with Crippen molar-refractivity contribution in [3.63, 3.8) is 0 Å². The van der Waals surface area contributed by atoms with Crippen LogP contribution in [0.2, 0.25) is 0 Å². The Bertz CT molecular complexity index is 660. The summed E-state index contributed by atoms with van der Waals surface area (Å²) >= 11 is 1.45. The highest BCUT2D eigenvalue weighted by atomic mass is 32.2. The Balaban J connectivity index is 2.33. The van der Waals surface area contributed by atoms with Gasteiger partial charge in [-0.3, -0.25) is 4.72 Å². The molecule has 96 valence electrons. The van der Waals surface area contributed by atoms with E-state index in [0.29, 0.717) is 16.4 Å². The van der Waals surface area contributed by atoms with Gasteiger partial charge in [-0.15, -0.1) is 11.3 Å². The lowest BCUT2D eigenvalue weighted by Gasteiger charge is -2.07. The molecule has 3 N–H and O–H groups in total. The Kier molecular flexibility index (Phi) is 3.27. The normalized spacial score (nSPS) is 11.4. The highest BCUT2D eigenvalue weighted by molar-refractivity contribution is 7.93. The Morgan fingerprint density at radius 2 is 2.06 bits per heavy atom. The van der Waals surface area contributed by atoms with Gasteiger partial charge in [0.1, 0.15) is 10.7 Å². The topological polar surface area (TPSA) is 85.1 Å². The molecule has 0 fully saturated rings. The van der Waals surface area contributed by atoms with Crippen LogP contribution in [0.25, 0.3) is 0 Å². The zero-order valence-corrected chi connectivity index (χ0v) is 11.6. The number of hydrogen-bond acceptors (Lipinski definition) is 5. The summed E-state index contributed by atoms with van der Waals surface area (Å²) in [5, 5.41) is 0. The summed E-state index contributed by atoms with van der Waals surface area (Å²) in [6, 6.07) is 4.78. The van der Waals surface area contributed by atoms with E-state index in [2.05, 4.69) is 9.71 Å². The number of nitrogens with zero attached hydrogens (tertiary/aromatic N) is 1. The van der Waals surface area contributed by atoms with Crippen molar-refractivity contribution in [3.05, 3.63) is 34.2 Å². The van der Waals surface area contributed by atoms with Crippen LogP contribution in [0, 0.1) is 13.8 Å². The minimum atomic E-state index is -3.56. The van der Waals surface area contributed by atoms with E-state index in [-0.39, 0.29) is 0 Å². The molecule has 0 spiro atoms. The number of nitrogen functional groups attached to an aromatic ring is 1. The first-order chi connectivity index (χ1) is 8.38. The molecule has 0 aliphatic heterocycles.